The van der Waals surface area contributed by atoms with E-state index in [9.17, 15) is 77.6 Å². The van der Waals surface area contributed by atoms with E-state index in [0.29, 0.717) is 19.4 Å². The number of unbranched alkanes of at least 4 members (excludes halogenated alkanes) is 1. The summed E-state index contributed by atoms with van der Waals surface area (Å²) < 4.78 is 0. The molecule has 0 rings (SSSR count). The molecular formula is C45H79N15O17S. The van der Waals surface area contributed by atoms with Crippen molar-refractivity contribution >= 4 is 95.6 Å². The Morgan fingerprint density at radius 3 is 1.55 bits per heavy atom. The Morgan fingerprint density at radius 2 is 1.04 bits per heavy atom. The highest BCUT2D eigenvalue weighted by atomic mass is 32.1. The van der Waals surface area contributed by atoms with Gasteiger partial charge in [0, 0.05) is 18.7 Å². The lowest BCUT2D eigenvalue weighted by Gasteiger charge is -2.29. The molecule has 11 atom stereocenters. The lowest BCUT2D eigenvalue weighted by Crippen LogP contribution is -2.61. The van der Waals surface area contributed by atoms with E-state index in [1.54, 1.807) is 13.8 Å². The zero-order valence-electron chi connectivity index (χ0n) is 44.2. The van der Waals surface area contributed by atoms with Gasteiger partial charge in [-0.1, -0.05) is 40.5 Å². The van der Waals surface area contributed by atoms with Gasteiger partial charge in [0.2, 0.25) is 59.1 Å². The Hall–Kier alpha value is -7.39. The third kappa shape index (κ3) is 27.6. The first-order chi connectivity index (χ1) is 36.4. The highest BCUT2D eigenvalue weighted by molar-refractivity contribution is 7.80. The van der Waals surface area contributed by atoms with E-state index in [1.807, 2.05) is 5.32 Å². The topological polar surface area (TPSA) is 554 Å². The fourth-order valence-electron chi connectivity index (χ4n) is 6.92. The van der Waals surface area contributed by atoms with Gasteiger partial charge in [0.25, 0.3) is 0 Å². The summed E-state index contributed by atoms with van der Waals surface area (Å²) >= 11 is 4.14. The molecule has 0 aliphatic heterocycles. The minimum Gasteiger partial charge on any atom is -0.481 e. The number of primary amides is 1. The number of aliphatic carboxylic acids is 3. The Kier molecular flexibility index (Phi) is 33.1. The molecule has 0 fully saturated rings. The second kappa shape index (κ2) is 36.6. The largest absolute Gasteiger partial charge is 0.481 e. The number of aliphatic hydroxyl groups is 1. The molecular weight excluding hydrogens is 1050 g/mol. The van der Waals surface area contributed by atoms with Crippen LogP contribution in [-0.2, 0) is 62.3 Å². The smallest absolute Gasteiger partial charge is 0.326 e. The second-order valence-electron chi connectivity index (χ2n) is 18.5. The van der Waals surface area contributed by atoms with Gasteiger partial charge in [0.15, 0.2) is 5.96 Å². The van der Waals surface area contributed by atoms with Crippen LogP contribution >= 0.6 is 12.6 Å². The molecule has 0 unspecified atom stereocenters. The number of amides is 10. The van der Waals surface area contributed by atoms with Gasteiger partial charge in [-0.3, -0.25) is 62.5 Å². The Balaban J connectivity index is 6.32. The van der Waals surface area contributed by atoms with Crippen molar-refractivity contribution in [3.63, 3.8) is 0 Å². The van der Waals surface area contributed by atoms with Crippen LogP contribution in [0.2, 0.25) is 0 Å². The Morgan fingerprint density at radius 1 is 0.551 bits per heavy atom. The van der Waals surface area contributed by atoms with Crippen LogP contribution in [0.5, 0.6) is 0 Å². The number of nitrogens with two attached hydrogens (primary N) is 5. The summed E-state index contributed by atoms with van der Waals surface area (Å²) in [6, 6.07) is -14.1. The maximum Gasteiger partial charge on any atom is 0.326 e. The molecule has 10 amide bonds. The highest BCUT2D eigenvalue weighted by Crippen LogP contribution is 2.12. The zero-order valence-corrected chi connectivity index (χ0v) is 45.1. The standard InChI is InChI=1S/C45H79N15O17S/c1-6-21(4)34(58-30(63)18-52-41(73)35(22(5)61)60-39(71)26(16-31(64)65)55-36(68)23(47)10-7-8-14-46)43(75)54-25(12-13-29(48)62)38(70)59-33(20(2)3)42(74)57-28(19-78)40(72)53-24(11-9-15-51-45(49)50)37(69)56-27(44(76)77)17-32(66)67/h20-28,33-35,61,78H,6-19,46-47H2,1-5H3,(H2,48,62)(H,52,73)(H,53,72)(H,54,75)(H,55,68)(H,56,69)(H,57,74)(H,58,63)(H,59,70)(H,60,71)(H,64,65)(H,66,67)(H,76,77)(H4,49,50,51)/t21-,22+,23-,24-,25-,26-,27-,28-,33-,34-,35-/m0/s1. The van der Waals surface area contributed by atoms with Crippen molar-refractivity contribution < 1.29 is 82.8 Å². The van der Waals surface area contributed by atoms with Gasteiger partial charge in [-0.15, -0.1) is 0 Å². The van der Waals surface area contributed by atoms with Crippen LogP contribution in [-0.4, -0.2) is 189 Å². The zero-order chi connectivity index (χ0) is 60.0. The van der Waals surface area contributed by atoms with Crippen LogP contribution in [0.1, 0.15) is 98.8 Å². The maximum atomic E-state index is 13.9. The van der Waals surface area contributed by atoms with Crippen molar-refractivity contribution in [1.82, 2.24) is 47.9 Å². The Bertz CT molecular complexity index is 2130. The van der Waals surface area contributed by atoms with Gasteiger partial charge in [-0.2, -0.15) is 12.6 Å². The predicted molar refractivity (Wildman–Crippen MR) is 280 cm³/mol. The number of carboxylic acids is 3. The van der Waals surface area contributed by atoms with Gasteiger partial charge in [-0.25, -0.2) is 4.79 Å². The summed E-state index contributed by atoms with van der Waals surface area (Å²) in [6.07, 6.45) is -3.20. The Labute approximate surface area is 455 Å². The fraction of sp³-hybridized carbons (Fsp3) is 0.689. The minimum atomic E-state index is -1.89. The molecule has 0 aromatic carbocycles. The summed E-state index contributed by atoms with van der Waals surface area (Å²) in [5.74, 6) is -17.0. The summed E-state index contributed by atoms with van der Waals surface area (Å²) in [4.78, 5) is 171. The second-order valence-corrected chi connectivity index (χ2v) is 18.8. The number of hydrogen-bond acceptors (Lipinski definition) is 18. The molecule has 78 heavy (non-hydrogen) atoms. The normalized spacial score (nSPS) is 15.2. The molecule has 0 heterocycles. The molecule has 0 saturated heterocycles. The van der Waals surface area contributed by atoms with E-state index in [-0.39, 0.29) is 38.2 Å². The molecule has 0 bridgehead atoms. The number of aliphatic imine (C=N–C) groups is 1. The summed E-state index contributed by atoms with van der Waals surface area (Å²) in [7, 11) is 0. The minimum absolute atomic E-state index is 0.0361. The van der Waals surface area contributed by atoms with Crippen LogP contribution in [0, 0.1) is 11.8 Å². The molecule has 0 saturated carbocycles. The van der Waals surface area contributed by atoms with Crippen LogP contribution in [0.25, 0.3) is 0 Å². The van der Waals surface area contributed by atoms with Crippen LogP contribution in [0.3, 0.4) is 0 Å². The van der Waals surface area contributed by atoms with Crippen molar-refractivity contribution in [1.29, 1.82) is 0 Å². The van der Waals surface area contributed by atoms with Crippen molar-refractivity contribution in [3.8, 4) is 0 Å². The number of thiol groups is 1. The maximum absolute atomic E-state index is 13.9. The summed E-state index contributed by atoms with van der Waals surface area (Å²) in [5, 5.41) is 59.1. The first kappa shape index (κ1) is 70.6. The molecule has 33 heteroatoms. The number of aliphatic hydroxyl groups excluding tert-OH is 1. The number of hydrogen-bond donors (Lipinski definition) is 19. The molecule has 0 aromatic rings. The van der Waals surface area contributed by atoms with E-state index in [1.165, 1.54) is 13.8 Å². The first-order valence-electron chi connectivity index (χ1n) is 24.8. The first-order valence-corrected chi connectivity index (χ1v) is 25.5. The number of rotatable bonds is 39. The van der Waals surface area contributed by atoms with Gasteiger partial charge >= 0.3 is 17.9 Å². The van der Waals surface area contributed by atoms with Crippen molar-refractivity contribution in [2.24, 2.45) is 45.5 Å². The number of nitrogens with one attached hydrogen (secondary N) is 9. The van der Waals surface area contributed by atoms with E-state index in [2.05, 4.69) is 60.2 Å². The number of carboxylic acid groups (broad SMARTS) is 3. The van der Waals surface area contributed by atoms with E-state index < -0.39 is 187 Å². The lowest BCUT2D eigenvalue weighted by molar-refractivity contribution is -0.147. The number of guanidine groups is 1. The molecule has 0 aliphatic rings. The monoisotopic (exact) mass is 1130 g/mol. The molecule has 32 nitrogen and oxygen atoms in total. The number of carbonyl (C=O) groups excluding carboxylic acids is 10. The summed E-state index contributed by atoms with van der Waals surface area (Å²) in [6.45, 7) is 6.77. The molecule has 442 valence electrons. The third-order valence-electron chi connectivity index (χ3n) is 11.6. The average Bonchev–Trinajstić information content (AvgIpc) is 3.35. The summed E-state index contributed by atoms with van der Waals surface area (Å²) in [5.41, 5.74) is 27.4. The SMILES string of the molecule is CC[C@H](C)[C@H](NC(=O)CNC(=O)[C@@H](NC(=O)[C@H](CC(=O)O)NC(=O)[C@@H](N)CCCCN)[C@@H](C)O)C(=O)N[C@@H](CCC(N)=O)C(=O)N[C@H](C(=O)N[C@@H](CS)C(=O)N[C@@H](CCCN=C(N)N)C(=O)N[C@@H](CC(=O)O)C(=O)O)C(C)C. The highest BCUT2D eigenvalue weighted by Gasteiger charge is 2.37. The molecule has 0 aliphatic carbocycles. The predicted octanol–water partition coefficient (Wildman–Crippen LogP) is -7.20. The van der Waals surface area contributed by atoms with Crippen molar-refractivity contribution in [2.75, 3.05) is 25.4 Å². The molecule has 0 spiro atoms. The van der Waals surface area contributed by atoms with Crippen molar-refractivity contribution in [3.05, 3.63) is 0 Å². The molecule has 0 aromatic heterocycles. The number of nitrogens with zero attached hydrogens (tertiary/aromatic N) is 1. The van der Waals surface area contributed by atoms with E-state index in [0.717, 1.165) is 6.92 Å². The van der Waals surface area contributed by atoms with Crippen LogP contribution in [0.4, 0.5) is 0 Å². The van der Waals surface area contributed by atoms with Crippen LogP contribution in [0.15, 0.2) is 4.99 Å². The third-order valence-corrected chi connectivity index (χ3v) is 11.9. The molecule has 0 radical (unpaired) electrons. The van der Waals surface area contributed by atoms with Crippen molar-refractivity contribution in [2.45, 2.75) is 159 Å². The van der Waals surface area contributed by atoms with Gasteiger partial charge in [0.1, 0.15) is 48.3 Å². The number of carbonyl (C=O) groups is 13. The van der Waals surface area contributed by atoms with Gasteiger partial charge in [0.05, 0.1) is 31.5 Å². The molecule has 23 N–H and O–H groups in total. The lowest BCUT2D eigenvalue weighted by atomic mass is 9.97. The average molecular weight is 1130 g/mol. The van der Waals surface area contributed by atoms with Gasteiger partial charge < -0.3 is 96.9 Å². The van der Waals surface area contributed by atoms with Crippen LogP contribution < -0.4 is 76.5 Å². The van der Waals surface area contributed by atoms with Gasteiger partial charge in [-0.05, 0) is 57.4 Å². The fourth-order valence-corrected chi connectivity index (χ4v) is 7.18. The quantitative estimate of drug-likeness (QED) is 0.0118. The van der Waals surface area contributed by atoms with E-state index in [4.69, 9.17) is 33.8 Å². The van der Waals surface area contributed by atoms with E-state index >= 15 is 0 Å².